The van der Waals surface area contributed by atoms with Crippen molar-refractivity contribution >= 4 is 17.3 Å². The lowest BCUT2D eigenvalue weighted by Gasteiger charge is -2.11. The van der Waals surface area contributed by atoms with E-state index in [1.807, 2.05) is 0 Å². The standard InChI is InChI=1S/C16H13ClN4O6/c1-6-7(2)12(14(17)20(24)8(6)3)15-18-16(27-19-15)9-4-10(21(25)26)13(23)11(22)5-9/h4-5,22-23H,1-3H3. The molecule has 0 bridgehead atoms. The average Bonchev–Trinajstić information content (AvgIpc) is 3.10. The van der Waals surface area contributed by atoms with E-state index in [1.165, 1.54) is 0 Å². The van der Waals surface area contributed by atoms with E-state index >= 15 is 0 Å². The topological polar surface area (TPSA) is 149 Å². The minimum absolute atomic E-state index is 0.00965. The number of rotatable bonds is 3. The molecule has 3 rings (SSSR count). The van der Waals surface area contributed by atoms with Gasteiger partial charge in [-0.15, -0.1) is 0 Å². The number of aromatic nitrogens is 3. The minimum Gasteiger partial charge on any atom is -0.617 e. The Labute approximate surface area is 157 Å². The van der Waals surface area contributed by atoms with Gasteiger partial charge in [-0.3, -0.25) is 10.1 Å². The highest BCUT2D eigenvalue weighted by atomic mass is 35.5. The second kappa shape index (κ2) is 6.40. The zero-order valence-corrected chi connectivity index (χ0v) is 15.1. The Kier molecular flexibility index (Phi) is 4.36. The highest BCUT2D eigenvalue weighted by molar-refractivity contribution is 6.31. The Morgan fingerprint density at radius 2 is 1.89 bits per heavy atom. The zero-order valence-electron chi connectivity index (χ0n) is 14.3. The molecule has 3 aromatic rings. The predicted molar refractivity (Wildman–Crippen MR) is 93.3 cm³/mol. The minimum atomic E-state index is -0.871. The van der Waals surface area contributed by atoms with E-state index in [4.69, 9.17) is 16.1 Å². The number of nitro benzene ring substituents is 1. The summed E-state index contributed by atoms with van der Waals surface area (Å²) in [5.74, 6) is -1.73. The smallest absolute Gasteiger partial charge is 0.315 e. The quantitative estimate of drug-likeness (QED) is 0.172. The molecule has 2 aromatic heterocycles. The Morgan fingerprint density at radius 1 is 1.22 bits per heavy atom. The average molecular weight is 393 g/mol. The SMILES string of the molecule is Cc1c(C)c(C)[n+]([O-])c(Cl)c1-c1noc(-c2cc(O)c(O)c([N+](=O)[O-])c2)n1. The summed E-state index contributed by atoms with van der Waals surface area (Å²) in [7, 11) is 0. The lowest BCUT2D eigenvalue weighted by atomic mass is 10.0. The van der Waals surface area contributed by atoms with Gasteiger partial charge < -0.3 is 19.9 Å². The summed E-state index contributed by atoms with van der Waals surface area (Å²) < 4.78 is 5.66. The highest BCUT2D eigenvalue weighted by Gasteiger charge is 2.27. The van der Waals surface area contributed by atoms with Crippen LogP contribution in [0.15, 0.2) is 16.7 Å². The maximum atomic E-state index is 12.2. The number of benzene rings is 1. The van der Waals surface area contributed by atoms with Crippen LogP contribution in [0, 0.1) is 36.1 Å². The molecule has 1 aromatic carbocycles. The van der Waals surface area contributed by atoms with Crippen LogP contribution in [0.3, 0.4) is 0 Å². The maximum absolute atomic E-state index is 12.2. The fourth-order valence-corrected chi connectivity index (χ4v) is 2.94. The summed E-state index contributed by atoms with van der Waals surface area (Å²) in [6.07, 6.45) is 0. The molecular weight excluding hydrogens is 380 g/mol. The molecular formula is C16H13ClN4O6. The van der Waals surface area contributed by atoms with Crippen molar-refractivity contribution in [2.24, 2.45) is 0 Å². The molecule has 0 aliphatic rings. The molecule has 0 spiro atoms. The van der Waals surface area contributed by atoms with Crippen LogP contribution in [0.1, 0.15) is 16.8 Å². The Balaban J connectivity index is 2.17. The van der Waals surface area contributed by atoms with Gasteiger partial charge in [-0.2, -0.15) is 9.71 Å². The number of hydrogen-bond donors (Lipinski definition) is 2. The van der Waals surface area contributed by atoms with Gasteiger partial charge in [-0.25, -0.2) is 0 Å². The van der Waals surface area contributed by atoms with Gasteiger partial charge in [0.1, 0.15) is 5.56 Å². The van der Waals surface area contributed by atoms with E-state index in [9.17, 15) is 25.5 Å². The largest absolute Gasteiger partial charge is 0.617 e. The number of hydrogen-bond acceptors (Lipinski definition) is 8. The predicted octanol–water partition coefficient (Wildman–Crippen LogP) is 2.94. The molecule has 140 valence electrons. The van der Waals surface area contributed by atoms with Crippen molar-refractivity contribution < 1.29 is 24.4 Å². The second-order valence-corrected chi connectivity index (χ2v) is 6.20. The Hall–Kier alpha value is -3.40. The van der Waals surface area contributed by atoms with E-state index in [-0.39, 0.29) is 28.0 Å². The van der Waals surface area contributed by atoms with Gasteiger partial charge >= 0.3 is 5.69 Å². The van der Waals surface area contributed by atoms with Crippen LogP contribution < -0.4 is 4.73 Å². The Bertz CT molecular complexity index is 1070. The summed E-state index contributed by atoms with van der Waals surface area (Å²) in [6.45, 7) is 5.13. The van der Waals surface area contributed by atoms with Crippen LogP contribution >= 0.6 is 11.6 Å². The lowest BCUT2D eigenvalue weighted by Crippen LogP contribution is -2.33. The normalized spacial score (nSPS) is 11.0. The number of halogens is 1. The molecule has 0 fully saturated rings. The van der Waals surface area contributed by atoms with Crippen molar-refractivity contribution in [2.45, 2.75) is 20.8 Å². The van der Waals surface area contributed by atoms with Gasteiger partial charge in [0, 0.05) is 18.6 Å². The first kappa shape index (κ1) is 18.4. The number of nitro groups is 1. The highest BCUT2D eigenvalue weighted by Crippen LogP contribution is 2.39. The molecule has 10 nitrogen and oxygen atoms in total. The van der Waals surface area contributed by atoms with Gasteiger partial charge in [-0.1, -0.05) is 5.16 Å². The number of phenolic OH excluding ortho intramolecular Hbond substituents is 2. The van der Waals surface area contributed by atoms with Gasteiger partial charge in [0.25, 0.3) is 11.0 Å². The first-order valence-electron chi connectivity index (χ1n) is 7.57. The molecule has 0 aliphatic heterocycles. The Morgan fingerprint density at radius 3 is 2.52 bits per heavy atom. The zero-order chi connectivity index (χ0) is 20.0. The van der Waals surface area contributed by atoms with E-state index in [0.29, 0.717) is 21.6 Å². The van der Waals surface area contributed by atoms with E-state index in [0.717, 1.165) is 12.1 Å². The van der Waals surface area contributed by atoms with E-state index in [2.05, 4.69) is 10.1 Å². The number of pyridine rings is 1. The third kappa shape index (κ3) is 2.89. The van der Waals surface area contributed by atoms with Crippen LogP contribution in [0.2, 0.25) is 5.15 Å². The fourth-order valence-electron chi connectivity index (χ4n) is 2.58. The molecule has 11 heteroatoms. The maximum Gasteiger partial charge on any atom is 0.315 e. The molecule has 27 heavy (non-hydrogen) atoms. The number of phenols is 2. The first-order chi connectivity index (χ1) is 12.6. The summed E-state index contributed by atoms with van der Waals surface area (Å²) in [4.78, 5) is 14.3. The van der Waals surface area contributed by atoms with Crippen LogP contribution in [-0.2, 0) is 0 Å². The molecule has 0 atom stereocenters. The van der Waals surface area contributed by atoms with E-state index in [1.54, 1.807) is 20.8 Å². The molecule has 0 amide bonds. The molecule has 0 radical (unpaired) electrons. The number of nitrogens with zero attached hydrogens (tertiary/aromatic N) is 4. The second-order valence-electron chi connectivity index (χ2n) is 5.84. The molecule has 0 saturated heterocycles. The van der Waals surface area contributed by atoms with Gasteiger partial charge in [-0.05, 0) is 37.1 Å². The molecule has 0 saturated carbocycles. The van der Waals surface area contributed by atoms with E-state index < -0.39 is 22.1 Å². The van der Waals surface area contributed by atoms with Crippen molar-refractivity contribution in [2.75, 3.05) is 0 Å². The lowest BCUT2D eigenvalue weighted by molar-refractivity contribution is -0.609. The molecule has 2 heterocycles. The van der Waals surface area contributed by atoms with Crippen molar-refractivity contribution in [3.8, 4) is 34.3 Å². The molecule has 0 unspecified atom stereocenters. The number of aromatic hydroxyl groups is 2. The van der Waals surface area contributed by atoms with Crippen LogP contribution in [-0.4, -0.2) is 25.3 Å². The van der Waals surface area contributed by atoms with Gasteiger partial charge in [0.2, 0.25) is 11.6 Å². The fraction of sp³-hybridized carbons (Fsp3) is 0.188. The van der Waals surface area contributed by atoms with Crippen LogP contribution in [0.5, 0.6) is 11.5 Å². The molecule has 0 aliphatic carbocycles. The van der Waals surface area contributed by atoms with Crippen molar-refractivity contribution in [3.05, 3.63) is 49.4 Å². The van der Waals surface area contributed by atoms with Crippen molar-refractivity contribution in [1.29, 1.82) is 0 Å². The van der Waals surface area contributed by atoms with Crippen LogP contribution in [0.4, 0.5) is 5.69 Å². The first-order valence-corrected chi connectivity index (χ1v) is 7.94. The summed E-state index contributed by atoms with van der Waals surface area (Å²) in [5, 5.41) is 46.1. The van der Waals surface area contributed by atoms with Crippen LogP contribution in [0.25, 0.3) is 22.8 Å². The summed E-state index contributed by atoms with van der Waals surface area (Å²) in [6, 6.07) is 2.03. The third-order valence-electron chi connectivity index (χ3n) is 4.33. The molecule has 2 N–H and O–H groups in total. The summed E-state index contributed by atoms with van der Waals surface area (Å²) in [5.41, 5.74) is 1.38. The van der Waals surface area contributed by atoms with Crippen molar-refractivity contribution in [3.63, 3.8) is 0 Å². The van der Waals surface area contributed by atoms with Crippen molar-refractivity contribution in [1.82, 2.24) is 10.1 Å². The van der Waals surface area contributed by atoms with Gasteiger partial charge in [0.05, 0.1) is 10.5 Å². The summed E-state index contributed by atoms with van der Waals surface area (Å²) >= 11 is 6.14. The monoisotopic (exact) mass is 392 g/mol. The third-order valence-corrected chi connectivity index (χ3v) is 4.67. The van der Waals surface area contributed by atoms with Gasteiger partial charge in [0.15, 0.2) is 11.4 Å².